The fourth-order valence-corrected chi connectivity index (χ4v) is 3.09. The van der Waals surface area contributed by atoms with E-state index in [2.05, 4.69) is 0 Å². The lowest BCUT2D eigenvalue weighted by Crippen LogP contribution is -2.04. The average Bonchev–Trinajstić information content (AvgIpc) is 2.72. The molecule has 3 aromatic carbocycles. The van der Waals surface area contributed by atoms with Gasteiger partial charge in [-0.25, -0.2) is 9.59 Å². The number of hydrogen-bond acceptors (Lipinski definition) is 4. The summed E-state index contributed by atoms with van der Waals surface area (Å²) in [5.74, 6) is -2.39. The SMILES string of the molecule is O=Cc1c(C(=O)O)cccc1-c1ccc(-c2cccc(C(=O)O)c2C=O)cc1. The number of benzene rings is 3. The van der Waals surface area contributed by atoms with Crippen LogP contribution in [0.5, 0.6) is 0 Å². The predicted molar refractivity (Wildman–Crippen MR) is 102 cm³/mol. The standard InChI is InChI=1S/C22H14O6/c23-11-19-15(3-1-5-17(19)21(25)26)13-7-9-14(10-8-13)16-4-2-6-18(22(27)28)20(16)12-24/h1-12H,(H,25,26)(H,27,28). The van der Waals surface area contributed by atoms with E-state index in [0.29, 0.717) is 34.8 Å². The Morgan fingerprint density at radius 2 is 0.964 bits per heavy atom. The number of aldehydes is 2. The van der Waals surface area contributed by atoms with Crippen LogP contribution in [0.25, 0.3) is 22.3 Å². The zero-order valence-corrected chi connectivity index (χ0v) is 14.5. The van der Waals surface area contributed by atoms with Crippen LogP contribution in [0.4, 0.5) is 0 Å². The average molecular weight is 374 g/mol. The quantitative estimate of drug-likeness (QED) is 0.630. The fourth-order valence-electron chi connectivity index (χ4n) is 3.09. The lowest BCUT2D eigenvalue weighted by molar-refractivity contribution is 0.0684. The molecule has 3 aromatic rings. The summed E-state index contributed by atoms with van der Waals surface area (Å²) in [5, 5.41) is 18.5. The van der Waals surface area contributed by atoms with Crippen LogP contribution < -0.4 is 0 Å². The Kier molecular flexibility index (Phi) is 5.13. The number of carboxylic acid groups (broad SMARTS) is 2. The normalized spacial score (nSPS) is 10.3. The molecule has 6 nitrogen and oxygen atoms in total. The van der Waals surface area contributed by atoms with Gasteiger partial charge < -0.3 is 10.2 Å². The maximum absolute atomic E-state index is 11.4. The number of carbonyl (C=O) groups excluding carboxylic acids is 2. The van der Waals surface area contributed by atoms with E-state index in [1.165, 1.54) is 12.1 Å². The van der Waals surface area contributed by atoms with Gasteiger partial charge in [0.1, 0.15) is 0 Å². The zero-order chi connectivity index (χ0) is 20.3. The number of carboxylic acids is 2. The summed E-state index contributed by atoms with van der Waals surface area (Å²) < 4.78 is 0. The second-order valence-electron chi connectivity index (χ2n) is 5.96. The lowest BCUT2D eigenvalue weighted by Gasteiger charge is -2.11. The Labute approximate surface area is 159 Å². The van der Waals surface area contributed by atoms with Gasteiger partial charge in [0.15, 0.2) is 12.6 Å². The summed E-state index contributed by atoms with van der Waals surface area (Å²) in [6.45, 7) is 0. The summed E-state index contributed by atoms with van der Waals surface area (Å²) in [4.78, 5) is 45.5. The van der Waals surface area contributed by atoms with E-state index in [4.69, 9.17) is 0 Å². The molecule has 0 aromatic heterocycles. The summed E-state index contributed by atoms with van der Waals surface area (Å²) >= 11 is 0. The van der Waals surface area contributed by atoms with Gasteiger partial charge in [-0.2, -0.15) is 0 Å². The Bertz CT molecular complexity index is 1010. The van der Waals surface area contributed by atoms with Crippen molar-refractivity contribution in [3.05, 3.63) is 82.9 Å². The predicted octanol–water partition coefficient (Wildman–Crippen LogP) is 4.04. The molecule has 28 heavy (non-hydrogen) atoms. The van der Waals surface area contributed by atoms with Crippen LogP contribution >= 0.6 is 0 Å². The van der Waals surface area contributed by atoms with Gasteiger partial charge in [0, 0.05) is 11.1 Å². The second-order valence-corrected chi connectivity index (χ2v) is 5.96. The van der Waals surface area contributed by atoms with Gasteiger partial charge >= 0.3 is 11.9 Å². The molecule has 0 saturated heterocycles. The molecular formula is C22H14O6. The molecule has 0 saturated carbocycles. The van der Waals surface area contributed by atoms with Gasteiger partial charge in [0.25, 0.3) is 0 Å². The zero-order valence-electron chi connectivity index (χ0n) is 14.5. The van der Waals surface area contributed by atoms with E-state index in [1.807, 2.05) is 0 Å². The third-order valence-corrected chi connectivity index (χ3v) is 4.42. The molecule has 0 aliphatic heterocycles. The van der Waals surface area contributed by atoms with Gasteiger partial charge in [0.2, 0.25) is 0 Å². The summed E-state index contributed by atoms with van der Waals surface area (Å²) in [6, 6.07) is 15.9. The van der Waals surface area contributed by atoms with Crippen LogP contribution in [0.2, 0.25) is 0 Å². The van der Waals surface area contributed by atoms with Crippen LogP contribution in [-0.2, 0) is 0 Å². The maximum Gasteiger partial charge on any atom is 0.336 e. The first-order valence-electron chi connectivity index (χ1n) is 8.21. The van der Waals surface area contributed by atoms with Crippen molar-refractivity contribution in [2.75, 3.05) is 0 Å². The van der Waals surface area contributed by atoms with Crippen LogP contribution in [0, 0.1) is 0 Å². The molecule has 0 fully saturated rings. The molecule has 0 radical (unpaired) electrons. The first kappa shape index (κ1) is 18.7. The third kappa shape index (κ3) is 3.31. The number of aromatic carboxylic acids is 2. The molecule has 0 aliphatic carbocycles. The summed E-state index contributed by atoms with van der Waals surface area (Å²) in [5.41, 5.74) is 2.15. The van der Waals surface area contributed by atoms with Crippen LogP contribution in [0.15, 0.2) is 60.7 Å². The van der Waals surface area contributed by atoms with E-state index in [9.17, 15) is 29.4 Å². The number of rotatable bonds is 6. The van der Waals surface area contributed by atoms with Crippen molar-refractivity contribution in [2.45, 2.75) is 0 Å². The van der Waals surface area contributed by atoms with Crippen molar-refractivity contribution in [3.8, 4) is 22.3 Å². The maximum atomic E-state index is 11.4. The van der Waals surface area contributed by atoms with E-state index in [-0.39, 0.29) is 22.3 Å². The van der Waals surface area contributed by atoms with E-state index in [1.54, 1.807) is 48.5 Å². The first-order chi connectivity index (χ1) is 13.5. The smallest absolute Gasteiger partial charge is 0.336 e. The second kappa shape index (κ2) is 7.67. The first-order valence-corrected chi connectivity index (χ1v) is 8.21. The lowest BCUT2D eigenvalue weighted by atomic mass is 9.92. The number of carbonyl (C=O) groups is 4. The Hall–Kier alpha value is -4.06. The minimum Gasteiger partial charge on any atom is -0.478 e. The van der Waals surface area contributed by atoms with Gasteiger partial charge in [-0.05, 0) is 34.4 Å². The van der Waals surface area contributed by atoms with Crippen molar-refractivity contribution in [1.29, 1.82) is 0 Å². The van der Waals surface area contributed by atoms with E-state index >= 15 is 0 Å². The summed E-state index contributed by atoms with van der Waals surface area (Å²) in [6.07, 6.45) is 1.01. The van der Waals surface area contributed by atoms with Gasteiger partial charge in [0.05, 0.1) is 11.1 Å². The molecule has 0 unspecified atom stereocenters. The Balaban J connectivity index is 2.10. The molecule has 0 aliphatic rings. The molecule has 0 atom stereocenters. The van der Waals surface area contributed by atoms with Gasteiger partial charge in [-0.15, -0.1) is 0 Å². The van der Waals surface area contributed by atoms with Crippen LogP contribution in [-0.4, -0.2) is 34.7 Å². The minimum absolute atomic E-state index is 0.0733. The molecule has 3 rings (SSSR count). The van der Waals surface area contributed by atoms with Crippen molar-refractivity contribution in [3.63, 3.8) is 0 Å². The van der Waals surface area contributed by atoms with E-state index < -0.39 is 11.9 Å². The molecule has 138 valence electrons. The molecule has 6 heteroatoms. The molecule has 0 heterocycles. The highest BCUT2D eigenvalue weighted by Gasteiger charge is 2.16. The van der Waals surface area contributed by atoms with Crippen molar-refractivity contribution >= 4 is 24.5 Å². The fraction of sp³-hybridized carbons (Fsp3) is 0. The molecule has 0 spiro atoms. The van der Waals surface area contributed by atoms with Crippen LogP contribution in [0.1, 0.15) is 41.4 Å². The van der Waals surface area contributed by atoms with Crippen LogP contribution in [0.3, 0.4) is 0 Å². The topological polar surface area (TPSA) is 109 Å². The summed E-state index contributed by atoms with van der Waals surface area (Å²) in [7, 11) is 0. The van der Waals surface area contributed by atoms with E-state index in [0.717, 1.165) is 0 Å². The molecular weight excluding hydrogens is 360 g/mol. The highest BCUT2D eigenvalue weighted by Crippen LogP contribution is 2.30. The van der Waals surface area contributed by atoms with Crippen molar-refractivity contribution in [2.24, 2.45) is 0 Å². The Morgan fingerprint density at radius 3 is 1.25 bits per heavy atom. The minimum atomic E-state index is -1.19. The molecule has 0 bridgehead atoms. The molecule has 2 N–H and O–H groups in total. The van der Waals surface area contributed by atoms with Gasteiger partial charge in [-0.1, -0.05) is 48.5 Å². The largest absolute Gasteiger partial charge is 0.478 e. The monoisotopic (exact) mass is 374 g/mol. The highest BCUT2D eigenvalue weighted by molar-refractivity contribution is 6.03. The third-order valence-electron chi connectivity index (χ3n) is 4.42. The molecule has 0 amide bonds. The Morgan fingerprint density at radius 1 is 0.607 bits per heavy atom. The highest BCUT2D eigenvalue weighted by atomic mass is 16.4. The number of hydrogen-bond donors (Lipinski definition) is 2. The van der Waals surface area contributed by atoms with Crippen molar-refractivity contribution < 1.29 is 29.4 Å². The van der Waals surface area contributed by atoms with Crippen molar-refractivity contribution in [1.82, 2.24) is 0 Å². The van der Waals surface area contributed by atoms with Gasteiger partial charge in [-0.3, -0.25) is 9.59 Å².